The number of anilines is 4. The highest BCUT2D eigenvalue weighted by Crippen LogP contribution is 2.35. The van der Waals surface area contributed by atoms with Crippen molar-refractivity contribution in [3.63, 3.8) is 0 Å². The molecule has 0 radical (unpaired) electrons. The Bertz CT molecular complexity index is 966. The molecule has 2 N–H and O–H groups in total. The normalized spacial score (nSPS) is 11.8. The van der Waals surface area contributed by atoms with E-state index in [9.17, 15) is 0 Å². The van der Waals surface area contributed by atoms with Crippen LogP contribution in [0, 0.1) is 0 Å². The molecule has 0 amide bonds. The van der Waals surface area contributed by atoms with E-state index in [1.54, 1.807) is 32.4 Å². The minimum absolute atomic E-state index is 0.226. The van der Waals surface area contributed by atoms with Crippen LogP contribution in [0.5, 0.6) is 23.0 Å². The first kappa shape index (κ1) is 16.7. The lowest BCUT2D eigenvalue weighted by atomic mass is 10.2. The molecule has 2 heterocycles. The Labute approximate surface area is 155 Å². The zero-order valence-corrected chi connectivity index (χ0v) is 14.7. The van der Waals surface area contributed by atoms with Crippen molar-refractivity contribution in [1.82, 2.24) is 15.2 Å². The van der Waals surface area contributed by atoms with Gasteiger partial charge in [0.2, 0.25) is 12.7 Å². The van der Waals surface area contributed by atoms with E-state index in [2.05, 4.69) is 25.8 Å². The van der Waals surface area contributed by atoms with Gasteiger partial charge in [-0.15, -0.1) is 5.10 Å². The number of ether oxygens (including phenoxy) is 4. The highest BCUT2D eigenvalue weighted by Gasteiger charge is 2.14. The maximum atomic E-state index is 5.38. The number of benzene rings is 2. The van der Waals surface area contributed by atoms with Crippen molar-refractivity contribution in [1.29, 1.82) is 0 Å². The van der Waals surface area contributed by atoms with Gasteiger partial charge in [-0.3, -0.25) is 0 Å². The first-order valence-electron chi connectivity index (χ1n) is 8.10. The second kappa shape index (κ2) is 7.24. The van der Waals surface area contributed by atoms with Gasteiger partial charge in [0, 0.05) is 17.8 Å². The Balaban J connectivity index is 1.54. The largest absolute Gasteiger partial charge is 0.497 e. The summed E-state index contributed by atoms with van der Waals surface area (Å²) in [7, 11) is 3.18. The van der Waals surface area contributed by atoms with Crippen LogP contribution in [0.4, 0.5) is 23.1 Å². The topological polar surface area (TPSA) is 99.7 Å². The molecule has 3 aromatic rings. The molecule has 1 aromatic heterocycles. The first-order chi connectivity index (χ1) is 13.2. The Kier molecular flexibility index (Phi) is 4.48. The molecule has 0 saturated heterocycles. The molecular weight excluding hydrogens is 350 g/mol. The molecule has 2 aromatic carbocycles. The number of nitrogens with zero attached hydrogens (tertiary/aromatic N) is 3. The van der Waals surface area contributed by atoms with Crippen LogP contribution < -0.4 is 29.6 Å². The fourth-order valence-corrected chi connectivity index (χ4v) is 2.57. The average molecular weight is 367 g/mol. The van der Waals surface area contributed by atoms with Crippen LogP contribution in [-0.2, 0) is 0 Å². The van der Waals surface area contributed by atoms with Crippen molar-refractivity contribution in [2.45, 2.75) is 0 Å². The third kappa shape index (κ3) is 3.61. The standard InChI is InChI=1S/C18H17N5O4/c1-24-12-4-6-14(25-2)13(8-12)21-18-22-17(9-19-23-18)20-11-3-5-15-16(7-11)27-10-26-15/h3-9H,10H2,1-2H3,(H2,20,21,22,23). The highest BCUT2D eigenvalue weighted by molar-refractivity contribution is 5.66. The van der Waals surface area contributed by atoms with E-state index in [-0.39, 0.29) is 6.79 Å². The monoisotopic (exact) mass is 367 g/mol. The number of hydrogen-bond donors (Lipinski definition) is 2. The van der Waals surface area contributed by atoms with Gasteiger partial charge in [-0.05, 0) is 24.3 Å². The molecular formula is C18H17N5O4. The van der Waals surface area contributed by atoms with Crippen LogP contribution in [0.2, 0.25) is 0 Å². The molecule has 0 unspecified atom stereocenters. The van der Waals surface area contributed by atoms with E-state index in [1.807, 2.05) is 18.2 Å². The molecule has 9 nitrogen and oxygen atoms in total. The van der Waals surface area contributed by atoms with Gasteiger partial charge in [-0.2, -0.15) is 10.1 Å². The third-order valence-electron chi connectivity index (χ3n) is 3.86. The van der Waals surface area contributed by atoms with Crippen molar-refractivity contribution in [3.8, 4) is 23.0 Å². The van der Waals surface area contributed by atoms with Gasteiger partial charge in [0.25, 0.3) is 0 Å². The predicted molar refractivity (Wildman–Crippen MR) is 98.5 cm³/mol. The number of fused-ring (bicyclic) bond motifs is 1. The van der Waals surface area contributed by atoms with E-state index < -0.39 is 0 Å². The van der Waals surface area contributed by atoms with E-state index in [4.69, 9.17) is 18.9 Å². The Morgan fingerprint density at radius 1 is 0.963 bits per heavy atom. The molecule has 0 fully saturated rings. The zero-order valence-electron chi connectivity index (χ0n) is 14.7. The summed E-state index contributed by atoms with van der Waals surface area (Å²) < 4.78 is 21.3. The molecule has 1 aliphatic rings. The molecule has 0 bridgehead atoms. The maximum absolute atomic E-state index is 5.38. The second-order valence-corrected chi connectivity index (χ2v) is 5.55. The fraction of sp³-hybridized carbons (Fsp3) is 0.167. The van der Waals surface area contributed by atoms with Gasteiger partial charge in [0.05, 0.1) is 26.1 Å². The number of nitrogens with one attached hydrogen (secondary N) is 2. The van der Waals surface area contributed by atoms with Crippen LogP contribution in [0.3, 0.4) is 0 Å². The van der Waals surface area contributed by atoms with Crippen LogP contribution >= 0.6 is 0 Å². The maximum Gasteiger partial charge on any atom is 0.249 e. The van der Waals surface area contributed by atoms with Crippen LogP contribution in [0.25, 0.3) is 0 Å². The van der Waals surface area contributed by atoms with E-state index >= 15 is 0 Å². The molecule has 0 saturated carbocycles. The van der Waals surface area contributed by atoms with Crippen LogP contribution in [-0.4, -0.2) is 36.2 Å². The van der Waals surface area contributed by atoms with Gasteiger partial charge >= 0.3 is 0 Å². The molecule has 27 heavy (non-hydrogen) atoms. The minimum atomic E-state index is 0.226. The number of rotatable bonds is 6. The molecule has 4 rings (SSSR count). The van der Waals surface area contributed by atoms with Crippen molar-refractivity contribution >= 4 is 23.1 Å². The van der Waals surface area contributed by atoms with E-state index in [0.717, 1.165) is 5.69 Å². The van der Waals surface area contributed by atoms with Gasteiger partial charge in [0.1, 0.15) is 11.5 Å². The summed E-state index contributed by atoms with van der Waals surface area (Å²) >= 11 is 0. The Morgan fingerprint density at radius 3 is 2.70 bits per heavy atom. The lowest BCUT2D eigenvalue weighted by molar-refractivity contribution is 0.174. The third-order valence-corrected chi connectivity index (χ3v) is 3.86. The summed E-state index contributed by atoms with van der Waals surface area (Å²) in [6.45, 7) is 0.226. The Morgan fingerprint density at radius 2 is 1.85 bits per heavy atom. The number of hydrogen-bond acceptors (Lipinski definition) is 9. The zero-order chi connectivity index (χ0) is 18.6. The minimum Gasteiger partial charge on any atom is -0.497 e. The molecule has 1 aliphatic heterocycles. The van der Waals surface area contributed by atoms with Gasteiger partial charge in [-0.25, -0.2) is 0 Å². The van der Waals surface area contributed by atoms with Crippen molar-refractivity contribution in [2.24, 2.45) is 0 Å². The first-order valence-corrected chi connectivity index (χ1v) is 8.10. The summed E-state index contributed by atoms with van der Waals surface area (Å²) in [5, 5.41) is 14.3. The molecule has 0 spiro atoms. The van der Waals surface area contributed by atoms with Gasteiger partial charge < -0.3 is 29.6 Å². The number of methoxy groups -OCH3 is 2. The van der Waals surface area contributed by atoms with E-state index in [0.29, 0.717) is 40.5 Å². The predicted octanol–water partition coefficient (Wildman–Crippen LogP) is 3.10. The molecule has 0 atom stereocenters. The quantitative estimate of drug-likeness (QED) is 0.680. The summed E-state index contributed by atoms with van der Waals surface area (Å²) in [6, 6.07) is 10.9. The second-order valence-electron chi connectivity index (χ2n) is 5.55. The van der Waals surface area contributed by atoms with Crippen LogP contribution in [0.1, 0.15) is 0 Å². The lowest BCUT2D eigenvalue weighted by Gasteiger charge is -2.12. The van der Waals surface area contributed by atoms with Crippen molar-refractivity contribution in [2.75, 3.05) is 31.6 Å². The molecule has 0 aliphatic carbocycles. The SMILES string of the molecule is COc1ccc(OC)c(Nc2nncc(Nc3ccc4c(c3)OCO4)n2)c1. The van der Waals surface area contributed by atoms with Crippen LogP contribution in [0.15, 0.2) is 42.6 Å². The number of aromatic nitrogens is 3. The Hall–Kier alpha value is -3.75. The smallest absolute Gasteiger partial charge is 0.249 e. The summed E-state index contributed by atoms with van der Waals surface area (Å²) in [4.78, 5) is 4.42. The highest BCUT2D eigenvalue weighted by atomic mass is 16.7. The average Bonchev–Trinajstić information content (AvgIpc) is 3.16. The molecule has 138 valence electrons. The summed E-state index contributed by atoms with van der Waals surface area (Å²) in [5.41, 5.74) is 1.46. The summed E-state index contributed by atoms with van der Waals surface area (Å²) in [6.07, 6.45) is 1.53. The molecule has 9 heteroatoms. The lowest BCUT2D eigenvalue weighted by Crippen LogP contribution is -2.03. The van der Waals surface area contributed by atoms with Gasteiger partial charge in [0.15, 0.2) is 17.3 Å². The van der Waals surface area contributed by atoms with Gasteiger partial charge in [-0.1, -0.05) is 0 Å². The van der Waals surface area contributed by atoms with E-state index in [1.165, 1.54) is 6.20 Å². The van der Waals surface area contributed by atoms with Crippen molar-refractivity contribution in [3.05, 3.63) is 42.6 Å². The summed E-state index contributed by atoms with van der Waals surface area (Å²) in [5.74, 6) is 3.55. The van der Waals surface area contributed by atoms with Crippen molar-refractivity contribution < 1.29 is 18.9 Å². The fourth-order valence-electron chi connectivity index (χ4n) is 2.57.